The summed E-state index contributed by atoms with van der Waals surface area (Å²) in [6.07, 6.45) is 3.92. The third kappa shape index (κ3) is 7.84. The van der Waals surface area contributed by atoms with Crippen LogP contribution in [0.15, 0.2) is 28.8 Å². The van der Waals surface area contributed by atoms with Gasteiger partial charge in [0.05, 0.1) is 12.2 Å². The summed E-state index contributed by atoms with van der Waals surface area (Å²) < 4.78 is 0. The largest absolute Gasteiger partial charge is 0.357 e. The Balaban J connectivity index is 0.00000363. The van der Waals surface area contributed by atoms with Gasteiger partial charge in [0.15, 0.2) is 5.96 Å². The Hall–Kier alpha value is -2.02. The van der Waals surface area contributed by atoms with Crippen molar-refractivity contribution in [1.29, 1.82) is 0 Å². The first kappa shape index (κ1) is 26.2. The van der Waals surface area contributed by atoms with Crippen LogP contribution in [0.25, 0.3) is 0 Å². The predicted molar refractivity (Wildman–Crippen MR) is 140 cm³/mol. The van der Waals surface area contributed by atoms with Gasteiger partial charge in [-0.05, 0) is 18.9 Å². The van der Waals surface area contributed by atoms with Gasteiger partial charge in [0.1, 0.15) is 5.01 Å². The van der Waals surface area contributed by atoms with Crippen LogP contribution in [0.4, 0.5) is 5.95 Å². The topological polar surface area (TPSA) is 98.6 Å². The molecule has 9 nitrogen and oxygen atoms in total. The van der Waals surface area contributed by atoms with Gasteiger partial charge in [-0.2, -0.15) is 0 Å². The molecule has 3 heterocycles. The minimum Gasteiger partial charge on any atom is -0.357 e. The molecule has 0 bridgehead atoms. The van der Waals surface area contributed by atoms with Crippen LogP contribution in [-0.2, 0) is 11.3 Å². The van der Waals surface area contributed by atoms with Crippen LogP contribution in [-0.4, -0.2) is 71.0 Å². The maximum absolute atomic E-state index is 12.6. The number of nitrogens with one attached hydrogen (secondary N) is 2. The van der Waals surface area contributed by atoms with Crippen LogP contribution in [0.1, 0.15) is 43.8 Å². The Labute approximate surface area is 211 Å². The standard InChI is InChI=1S/C21H32N8OS.HI/c1-4-22-20(26-14-18-27-17(15-31-18)16(2)3)23-9-6-19(30)28-10-12-29(13-11-28)21-24-7-5-8-25-21;/h5,7-8,15-16H,4,6,9-14H2,1-3H3,(H2,22,23,26);1H. The summed E-state index contributed by atoms with van der Waals surface area (Å²) in [4.78, 5) is 34.4. The molecule has 1 amide bonds. The van der Waals surface area contributed by atoms with E-state index in [-0.39, 0.29) is 29.9 Å². The highest BCUT2D eigenvalue weighted by Gasteiger charge is 2.22. The lowest BCUT2D eigenvalue weighted by Crippen LogP contribution is -2.50. The number of aliphatic imine (C=N–C) groups is 1. The van der Waals surface area contributed by atoms with E-state index in [1.54, 1.807) is 29.8 Å². The van der Waals surface area contributed by atoms with E-state index in [1.165, 1.54) is 0 Å². The first-order valence-electron chi connectivity index (χ1n) is 10.8. The summed E-state index contributed by atoms with van der Waals surface area (Å²) in [7, 11) is 0. The van der Waals surface area contributed by atoms with Crippen molar-refractivity contribution in [3.05, 3.63) is 34.5 Å². The Bertz CT molecular complexity index is 852. The second-order valence-electron chi connectivity index (χ2n) is 7.61. The van der Waals surface area contributed by atoms with Gasteiger partial charge in [0.25, 0.3) is 0 Å². The van der Waals surface area contributed by atoms with E-state index in [0.29, 0.717) is 44.5 Å². The lowest BCUT2D eigenvalue weighted by Gasteiger charge is -2.34. The number of hydrogen-bond acceptors (Lipinski definition) is 7. The number of halogens is 1. The molecule has 0 aromatic carbocycles. The average molecular weight is 573 g/mol. The van der Waals surface area contributed by atoms with Gasteiger partial charge in [-0.1, -0.05) is 13.8 Å². The number of nitrogens with zero attached hydrogens (tertiary/aromatic N) is 6. The maximum atomic E-state index is 12.6. The molecule has 2 aromatic rings. The van der Waals surface area contributed by atoms with E-state index < -0.39 is 0 Å². The third-order valence-electron chi connectivity index (χ3n) is 4.98. The maximum Gasteiger partial charge on any atom is 0.225 e. The fraction of sp³-hybridized carbons (Fsp3) is 0.571. The van der Waals surface area contributed by atoms with Crippen molar-refractivity contribution in [1.82, 2.24) is 30.5 Å². The predicted octanol–water partition coefficient (Wildman–Crippen LogP) is 2.47. The van der Waals surface area contributed by atoms with E-state index in [9.17, 15) is 4.79 Å². The van der Waals surface area contributed by atoms with Gasteiger partial charge in [0.2, 0.25) is 11.9 Å². The minimum atomic E-state index is 0. The van der Waals surface area contributed by atoms with Crippen LogP contribution in [0.3, 0.4) is 0 Å². The number of anilines is 1. The van der Waals surface area contributed by atoms with Crippen molar-refractivity contribution < 1.29 is 4.79 Å². The highest BCUT2D eigenvalue weighted by atomic mass is 127. The van der Waals surface area contributed by atoms with E-state index in [2.05, 4.69) is 54.7 Å². The highest BCUT2D eigenvalue weighted by Crippen LogP contribution is 2.18. The Morgan fingerprint density at radius 2 is 1.91 bits per heavy atom. The van der Waals surface area contributed by atoms with Crippen molar-refractivity contribution in [3.63, 3.8) is 0 Å². The third-order valence-corrected chi connectivity index (χ3v) is 5.83. The molecule has 0 aliphatic carbocycles. The molecule has 3 rings (SSSR count). The number of guanidine groups is 1. The molecule has 0 atom stereocenters. The molecule has 1 fully saturated rings. The number of thiazole rings is 1. The molecule has 0 spiro atoms. The number of amides is 1. The summed E-state index contributed by atoms with van der Waals surface area (Å²) >= 11 is 1.64. The summed E-state index contributed by atoms with van der Waals surface area (Å²) in [5.74, 6) is 2.01. The molecule has 1 aliphatic rings. The van der Waals surface area contributed by atoms with Crippen LogP contribution in [0, 0.1) is 0 Å². The van der Waals surface area contributed by atoms with Crippen molar-refractivity contribution in [2.75, 3.05) is 44.2 Å². The molecule has 2 N–H and O–H groups in total. The molecule has 32 heavy (non-hydrogen) atoms. The van der Waals surface area contributed by atoms with Gasteiger partial charge in [-0.25, -0.2) is 19.9 Å². The van der Waals surface area contributed by atoms with E-state index in [0.717, 1.165) is 36.3 Å². The lowest BCUT2D eigenvalue weighted by atomic mass is 10.2. The normalized spacial score (nSPS) is 14.3. The summed E-state index contributed by atoms with van der Waals surface area (Å²) in [5, 5.41) is 9.59. The molecular weight excluding hydrogens is 539 g/mol. The van der Waals surface area contributed by atoms with E-state index in [1.807, 2.05) is 11.8 Å². The van der Waals surface area contributed by atoms with Crippen LogP contribution in [0.5, 0.6) is 0 Å². The lowest BCUT2D eigenvalue weighted by molar-refractivity contribution is -0.131. The number of carbonyl (C=O) groups excluding carboxylic acids is 1. The average Bonchev–Trinajstić information content (AvgIpc) is 3.27. The molecule has 0 saturated carbocycles. The molecule has 11 heteroatoms. The Morgan fingerprint density at radius 1 is 1.19 bits per heavy atom. The zero-order valence-corrected chi connectivity index (χ0v) is 22.1. The molecule has 176 valence electrons. The van der Waals surface area contributed by atoms with Gasteiger partial charge in [0, 0.05) is 63.5 Å². The summed E-state index contributed by atoms with van der Waals surface area (Å²) in [5.41, 5.74) is 1.11. The quantitative estimate of drug-likeness (QED) is 0.285. The molecule has 2 aromatic heterocycles. The molecular formula is C21H33IN8OS. The number of aromatic nitrogens is 3. The number of carbonyl (C=O) groups is 1. The first-order chi connectivity index (χ1) is 15.1. The second kappa shape index (κ2) is 13.5. The molecule has 1 aliphatic heterocycles. The highest BCUT2D eigenvalue weighted by molar-refractivity contribution is 14.0. The zero-order chi connectivity index (χ0) is 22.1. The Kier molecular flexibility index (Phi) is 11.1. The van der Waals surface area contributed by atoms with Crippen LogP contribution < -0.4 is 15.5 Å². The SMILES string of the molecule is CCNC(=NCc1nc(C(C)C)cs1)NCCC(=O)N1CCN(c2ncccn2)CC1.I. The summed E-state index contributed by atoms with van der Waals surface area (Å²) in [6.45, 7) is 11.0. The fourth-order valence-electron chi connectivity index (χ4n) is 3.21. The van der Waals surface area contributed by atoms with E-state index in [4.69, 9.17) is 0 Å². The van der Waals surface area contributed by atoms with Crippen molar-refractivity contribution in [3.8, 4) is 0 Å². The molecule has 1 saturated heterocycles. The van der Waals surface area contributed by atoms with Gasteiger partial charge >= 0.3 is 0 Å². The van der Waals surface area contributed by atoms with Crippen LogP contribution in [0.2, 0.25) is 0 Å². The monoisotopic (exact) mass is 572 g/mol. The van der Waals surface area contributed by atoms with E-state index >= 15 is 0 Å². The summed E-state index contributed by atoms with van der Waals surface area (Å²) in [6, 6.07) is 1.81. The first-order valence-corrected chi connectivity index (χ1v) is 11.7. The number of piperazine rings is 1. The smallest absolute Gasteiger partial charge is 0.225 e. The zero-order valence-electron chi connectivity index (χ0n) is 19.0. The second-order valence-corrected chi connectivity index (χ2v) is 8.55. The number of hydrogen-bond donors (Lipinski definition) is 2. The van der Waals surface area contributed by atoms with Gasteiger partial charge < -0.3 is 20.4 Å². The van der Waals surface area contributed by atoms with Gasteiger partial charge in [-0.15, -0.1) is 35.3 Å². The number of rotatable bonds is 8. The minimum absolute atomic E-state index is 0. The molecule has 0 unspecified atom stereocenters. The van der Waals surface area contributed by atoms with Gasteiger partial charge in [-0.3, -0.25) is 4.79 Å². The van der Waals surface area contributed by atoms with Crippen molar-refractivity contribution >= 4 is 53.1 Å². The fourth-order valence-corrected chi connectivity index (χ4v) is 4.09. The van der Waals surface area contributed by atoms with Crippen LogP contribution >= 0.6 is 35.3 Å². The Morgan fingerprint density at radius 3 is 2.53 bits per heavy atom. The molecule has 0 radical (unpaired) electrons. The van der Waals surface area contributed by atoms with Crippen molar-refractivity contribution in [2.45, 2.75) is 39.7 Å². The van der Waals surface area contributed by atoms with Crippen molar-refractivity contribution in [2.24, 2.45) is 4.99 Å².